The molecule has 7 nitrogen and oxygen atoms in total. The first kappa shape index (κ1) is 20.9. The van der Waals surface area contributed by atoms with Crippen molar-refractivity contribution in [2.75, 3.05) is 18.5 Å². The minimum absolute atomic E-state index is 0.241. The highest BCUT2D eigenvalue weighted by molar-refractivity contribution is 6.30. The van der Waals surface area contributed by atoms with Crippen LogP contribution in [0, 0.1) is 11.3 Å². The number of anilines is 1. The predicted molar refractivity (Wildman–Crippen MR) is 104 cm³/mol. The molecule has 0 aromatic heterocycles. The minimum atomic E-state index is -0.653. The van der Waals surface area contributed by atoms with Crippen molar-refractivity contribution < 1.29 is 19.1 Å². The lowest BCUT2D eigenvalue weighted by Crippen LogP contribution is -2.30. The fourth-order valence-electron chi connectivity index (χ4n) is 2.27. The van der Waals surface area contributed by atoms with Crippen LogP contribution in [-0.4, -0.2) is 30.9 Å². The largest absolute Gasteiger partial charge is 0.452 e. The van der Waals surface area contributed by atoms with Gasteiger partial charge in [-0.05, 0) is 48.4 Å². The molecule has 2 aromatic carbocycles. The van der Waals surface area contributed by atoms with Gasteiger partial charge in [0, 0.05) is 17.3 Å². The number of ether oxygens (including phenoxy) is 1. The maximum atomic E-state index is 12.0. The summed E-state index contributed by atoms with van der Waals surface area (Å²) in [6.07, 6.45) is 0.357. The number of hydrogen-bond donors (Lipinski definition) is 2. The molecule has 144 valence electrons. The lowest BCUT2D eigenvalue weighted by Gasteiger charge is -2.08. The summed E-state index contributed by atoms with van der Waals surface area (Å²) < 4.78 is 4.97. The van der Waals surface area contributed by atoms with E-state index in [1.54, 1.807) is 12.1 Å². The molecule has 2 N–H and O–H groups in total. The van der Waals surface area contributed by atoms with Crippen molar-refractivity contribution >= 4 is 35.1 Å². The first-order chi connectivity index (χ1) is 13.5. The molecule has 0 unspecified atom stereocenters. The second-order valence-corrected chi connectivity index (χ2v) is 6.20. The highest BCUT2D eigenvalue weighted by atomic mass is 35.5. The summed E-state index contributed by atoms with van der Waals surface area (Å²) in [7, 11) is 0. The van der Waals surface area contributed by atoms with Crippen LogP contribution in [-0.2, 0) is 20.7 Å². The van der Waals surface area contributed by atoms with E-state index in [2.05, 4.69) is 10.6 Å². The van der Waals surface area contributed by atoms with E-state index < -0.39 is 24.4 Å². The summed E-state index contributed by atoms with van der Waals surface area (Å²) in [5, 5.41) is 14.3. The molecule has 0 fully saturated rings. The Labute approximate surface area is 167 Å². The number of carbonyl (C=O) groups is 3. The predicted octanol–water partition coefficient (Wildman–Crippen LogP) is 2.71. The lowest BCUT2D eigenvalue weighted by molar-refractivity contribution is -0.124. The third-order valence-corrected chi connectivity index (χ3v) is 3.84. The zero-order chi connectivity index (χ0) is 20.4. The molecule has 0 saturated heterocycles. The van der Waals surface area contributed by atoms with Crippen LogP contribution in [0.2, 0.25) is 5.02 Å². The van der Waals surface area contributed by atoms with Crippen molar-refractivity contribution in [3.05, 3.63) is 64.7 Å². The quantitative estimate of drug-likeness (QED) is 0.663. The van der Waals surface area contributed by atoms with Gasteiger partial charge in [-0.3, -0.25) is 9.59 Å². The summed E-state index contributed by atoms with van der Waals surface area (Å²) in [6, 6.07) is 15.0. The molecule has 0 heterocycles. The normalized spacial score (nSPS) is 9.86. The van der Waals surface area contributed by atoms with Crippen LogP contribution in [0.1, 0.15) is 22.3 Å². The summed E-state index contributed by atoms with van der Waals surface area (Å²) in [6.45, 7) is 0.00283. The zero-order valence-corrected chi connectivity index (χ0v) is 15.7. The van der Waals surface area contributed by atoms with E-state index in [1.807, 2.05) is 18.2 Å². The maximum Gasteiger partial charge on any atom is 0.338 e. The Morgan fingerprint density at radius 2 is 1.82 bits per heavy atom. The Morgan fingerprint density at radius 1 is 1.07 bits per heavy atom. The molecule has 8 heteroatoms. The van der Waals surface area contributed by atoms with Gasteiger partial charge in [0.15, 0.2) is 6.61 Å². The van der Waals surface area contributed by atoms with Crippen molar-refractivity contribution in [2.45, 2.75) is 12.8 Å². The number of amides is 2. The second kappa shape index (κ2) is 10.7. The van der Waals surface area contributed by atoms with Gasteiger partial charge in [0.25, 0.3) is 5.91 Å². The molecule has 0 radical (unpaired) electrons. The molecule has 0 aliphatic carbocycles. The Bertz CT molecular complexity index is 891. The van der Waals surface area contributed by atoms with Crippen molar-refractivity contribution in [3.8, 4) is 6.07 Å². The number of esters is 1. The molecule has 28 heavy (non-hydrogen) atoms. The van der Waals surface area contributed by atoms with E-state index in [1.165, 1.54) is 24.3 Å². The summed E-state index contributed by atoms with van der Waals surface area (Å²) in [5.41, 5.74) is 1.69. The lowest BCUT2D eigenvalue weighted by atomic mass is 10.1. The van der Waals surface area contributed by atoms with E-state index in [9.17, 15) is 14.4 Å². The molecule has 2 amide bonds. The molecule has 0 aliphatic rings. The van der Waals surface area contributed by atoms with Crippen molar-refractivity contribution in [1.29, 1.82) is 5.26 Å². The summed E-state index contributed by atoms with van der Waals surface area (Å²) >= 11 is 5.90. The van der Waals surface area contributed by atoms with Crippen LogP contribution in [0.25, 0.3) is 0 Å². The fourth-order valence-corrected chi connectivity index (χ4v) is 2.48. The molecule has 0 bridgehead atoms. The van der Waals surface area contributed by atoms with Crippen LogP contribution in [0.3, 0.4) is 0 Å². The van der Waals surface area contributed by atoms with Crippen LogP contribution in [0.4, 0.5) is 5.69 Å². The van der Waals surface area contributed by atoms with E-state index in [4.69, 9.17) is 21.6 Å². The Morgan fingerprint density at radius 3 is 2.50 bits per heavy atom. The molecular formula is C20H18ClN3O4. The maximum absolute atomic E-state index is 12.0. The first-order valence-electron chi connectivity index (χ1n) is 8.43. The Balaban J connectivity index is 1.73. The number of nitrogens with one attached hydrogen (secondary N) is 2. The van der Waals surface area contributed by atoms with E-state index in [-0.39, 0.29) is 12.0 Å². The van der Waals surface area contributed by atoms with Gasteiger partial charge in [-0.1, -0.05) is 23.7 Å². The van der Waals surface area contributed by atoms with Gasteiger partial charge in [-0.25, -0.2) is 4.79 Å². The monoisotopic (exact) mass is 399 g/mol. The number of rotatable bonds is 8. The van der Waals surface area contributed by atoms with E-state index >= 15 is 0 Å². The van der Waals surface area contributed by atoms with Gasteiger partial charge >= 0.3 is 5.97 Å². The van der Waals surface area contributed by atoms with Crippen LogP contribution in [0.15, 0.2) is 48.5 Å². The average Bonchev–Trinajstić information content (AvgIpc) is 2.67. The SMILES string of the molecule is N#CCC(=O)Nc1ccc(C(=O)OCC(=O)NCCc2cccc(Cl)c2)cc1. The van der Waals surface area contributed by atoms with Gasteiger partial charge in [0.05, 0.1) is 11.6 Å². The van der Waals surface area contributed by atoms with Crippen molar-refractivity contribution in [1.82, 2.24) is 5.32 Å². The molecule has 0 atom stereocenters. The third-order valence-electron chi connectivity index (χ3n) is 3.60. The first-order valence-corrected chi connectivity index (χ1v) is 8.81. The van der Waals surface area contributed by atoms with Crippen LogP contribution >= 0.6 is 11.6 Å². The second-order valence-electron chi connectivity index (χ2n) is 5.77. The van der Waals surface area contributed by atoms with Crippen molar-refractivity contribution in [2.24, 2.45) is 0 Å². The minimum Gasteiger partial charge on any atom is -0.452 e. The summed E-state index contributed by atoms with van der Waals surface area (Å²) in [4.78, 5) is 35.1. The molecule has 0 aliphatic heterocycles. The van der Waals surface area contributed by atoms with Gasteiger partial charge in [-0.15, -0.1) is 0 Å². The zero-order valence-electron chi connectivity index (χ0n) is 14.9. The highest BCUT2D eigenvalue weighted by Gasteiger charge is 2.10. The third kappa shape index (κ3) is 7.09. The molecule has 2 rings (SSSR count). The number of hydrogen-bond acceptors (Lipinski definition) is 5. The molecule has 2 aromatic rings. The van der Waals surface area contributed by atoms with Crippen molar-refractivity contribution in [3.63, 3.8) is 0 Å². The number of nitriles is 1. The average molecular weight is 400 g/mol. The van der Waals surface area contributed by atoms with Gasteiger partial charge in [-0.2, -0.15) is 5.26 Å². The van der Waals surface area contributed by atoms with Gasteiger partial charge in [0.1, 0.15) is 6.42 Å². The van der Waals surface area contributed by atoms with E-state index in [0.717, 1.165) is 5.56 Å². The van der Waals surface area contributed by atoms with Gasteiger partial charge in [0.2, 0.25) is 5.91 Å². The highest BCUT2D eigenvalue weighted by Crippen LogP contribution is 2.12. The smallest absolute Gasteiger partial charge is 0.338 e. The standard InChI is InChI=1S/C20H18ClN3O4/c21-16-3-1-2-14(12-16)9-11-23-19(26)13-28-20(27)15-4-6-17(7-5-15)24-18(25)8-10-22/h1-7,12H,8-9,11,13H2,(H,23,26)(H,24,25). The Hall–Kier alpha value is -3.37. The molecule has 0 saturated carbocycles. The number of halogens is 1. The topological polar surface area (TPSA) is 108 Å². The fraction of sp³-hybridized carbons (Fsp3) is 0.200. The molecule has 0 spiro atoms. The van der Waals surface area contributed by atoms with Gasteiger partial charge < -0.3 is 15.4 Å². The summed E-state index contributed by atoms with van der Waals surface area (Å²) in [5.74, 6) is -1.50. The Kier molecular flexibility index (Phi) is 8.00. The number of nitrogens with zero attached hydrogens (tertiary/aromatic N) is 1. The molecular weight excluding hydrogens is 382 g/mol. The number of carbonyl (C=O) groups excluding carboxylic acids is 3. The van der Waals surface area contributed by atoms with E-state index in [0.29, 0.717) is 23.7 Å². The number of benzene rings is 2. The van der Waals surface area contributed by atoms with Crippen LogP contribution in [0.5, 0.6) is 0 Å². The van der Waals surface area contributed by atoms with Crippen LogP contribution < -0.4 is 10.6 Å².